The summed E-state index contributed by atoms with van der Waals surface area (Å²) < 4.78 is 45.8. The van der Waals surface area contributed by atoms with Crippen molar-refractivity contribution in [2.24, 2.45) is 0 Å². The largest absolute Gasteiger partial charge is 0.478 e. The molecule has 32 heavy (non-hydrogen) atoms. The van der Waals surface area contributed by atoms with Crippen LogP contribution in [0.1, 0.15) is 17.3 Å². The normalized spacial score (nSPS) is 14.2. The fraction of sp³-hybridized carbons (Fsp3) is 0.300. The van der Waals surface area contributed by atoms with E-state index in [0.29, 0.717) is 31.9 Å². The first-order valence-corrected chi connectivity index (χ1v) is 11.5. The number of carboxylic acid groups (broad SMARTS) is 1. The lowest BCUT2D eigenvalue weighted by atomic mass is 10.1. The van der Waals surface area contributed by atoms with Gasteiger partial charge >= 0.3 is 12.1 Å². The number of anilines is 2. The predicted octanol–water partition coefficient (Wildman–Crippen LogP) is 3.26. The Hall–Kier alpha value is -3.05. The predicted molar refractivity (Wildman–Crippen MR) is 116 cm³/mol. The van der Waals surface area contributed by atoms with Gasteiger partial charge in [-0.2, -0.15) is 0 Å². The highest BCUT2D eigenvalue weighted by atomic mass is 35.5. The molecule has 9 nitrogen and oxygen atoms in total. The zero-order chi connectivity index (χ0) is 23.5. The molecule has 0 spiro atoms. The van der Waals surface area contributed by atoms with E-state index in [1.807, 2.05) is 4.90 Å². The number of benzene rings is 2. The van der Waals surface area contributed by atoms with Crippen molar-refractivity contribution >= 4 is 45.1 Å². The van der Waals surface area contributed by atoms with Crippen molar-refractivity contribution in [3.05, 3.63) is 52.8 Å². The van der Waals surface area contributed by atoms with Crippen molar-refractivity contribution in [2.75, 3.05) is 42.4 Å². The third-order valence-electron chi connectivity index (χ3n) is 4.83. The van der Waals surface area contributed by atoms with E-state index in [0.717, 1.165) is 18.2 Å². The Bertz CT molecular complexity index is 1140. The number of carbonyl (C=O) groups excluding carboxylic acids is 1. The molecule has 1 heterocycles. The second kappa shape index (κ2) is 9.61. The highest BCUT2D eigenvalue weighted by molar-refractivity contribution is 7.92. The quantitative estimate of drug-likeness (QED) is 0.645. The van der Waals surface area contributed by atoms with Gasteiger partial charge in [0.05, 0.1) is 22.9 Å². The molecule has 0 aromatic heterocycles. The van der Waals surface area contributed by atoms with Crippen LogP contribution in [-0.4, -0.2) is 63.3 Å². The fourth-order valence-electron chi connectivity index (χ4n) is 3.25. The van der Waals surface area contributed by atoms with Gasteiger partial charge in [-0.15, -0.1) is 0 Å². The van der Waals surface area contributed by atoms with E-state index in [9.17, 15) is 27.5 Å². The summed E-state index contributed by atoms with van der Waals surface area (Å²) in [6.07, 6.45) is -0.400. The molecule has 0 aliphatic carbocycles. The number of nitrogens with zero attached hydrogens (tertiary/aromatic N) is 2. The van der Waals surface area contributed by atoms with Gasteiger partial charge < -0.3 is 19.6 Å². The molecule has 0 radical (unpaired) electrons. The van der Waals surface area contributed by atoms with E-state index >= 15 is 0 Å². The third-order valence-corrected chi connectivity index (χ3v) is 6.68. The Morgan fingerprint density at radius 1 is 1.16 bits per heavy atom. The summed E-state index contributed by atoms with van der Waals surface area (Å²) >= 11 is 5.84. The lowest BCUT2D eigenvalue weighted by Crippen LogP contribution is -2.49. The van der Waals surface area contributed by atoms with Crippen LogP contribution >= 0.6 is 11.6 Å². The Kier molecular flexibility index (Phi) is 7.09. The number of carboxylic acids is 1. The summed E-state index contributed by atoms with van der Waals surface area (Å²) in [5, 5.41) is 9.29. The number of hydrogen-bond donors (Lipinski definition) is 2. The summed E-state index contributed by atoms with van der Waals surface area (Å²) in [6, 6.07) is 7.07. The van der Waals surface area contributed by atoms with Gasteiger partial charge in [-0.1, -0.05) is 11.6 Å². The number of aromatic carboxylic acids is 1. The standard InChI is InChI=1S/C20H21ClFN3O6S/c1-2-31-20(28)25-9-7-24(8-10-25)14-4-5-17(15(12-14)19(26)27)23-32(29,30)18-6-3-13(22)11-16(18)21/h3-6,11-12,23H,2,7-10H2,1H3,(H,26,27). The number of rotatable bonds is 6. The van der Waals surface area contributed by atoms with E-state index in [1.54, 1.807) is 17.9 Å². The number of amides is 1. The summed E-state index contributed by atoms with van der Waals surface area (Å²) in [4.78, 5) is 26.7. The van der Waals surface area contributed by atoms with Crippen LogP contribution in [0.4, 0.5) is 20.6 Å². The molecule has 0 saturated carbocycles. The minimum atomic E-state index is -4.26. The lowest BCUT2D eigenvalue weighted by molar-refractivity contribution is 0.0698. The maximum Gasteiger partial charge on any atom is 0.409 e. The molecule has 1 aliphatic heterocycles. The highest BCUT2D eigenvalue weighted by Crippen LogP contribution is 2.29. The van der Waals surface area contributed by atoms with Gasteiger partial charge in [-0.25, -0.2) is 22.4 Å². The third kappa shape index (κ3) is 5.22. The van der Waals surface area contributed by atoms with Crippen molar-refractivity contribution in [3.63, 3.8) is 0 Å². The molecular weight excluding hydrogens is 465 g/mol. The molecule has 0 unspecified atom stereocenters. The van der Waals surface area contributed by atoms with E-state index < -0.39 is 27.9 Å². The summed E-state index contributed by atoms with van der Waals surface area (Å²) in [5.74, 6) is -2.03. The SMILES string of the molecule is CCOC(=O)N1CCN(c2ccc(NS(=O)(=O)c3ccc(F)cc3Cl)c(C(=O)O)c2)CC1. The molecule has 1 aliphatic rings. The number of nitrogens with one attached hydrogen (secondary N) is 1. The molecule has 1 fully saturated rings. The van der Waals surface area contributed by atoms with Crippen LogP contribution in [-0.2, 0) is 14.8 Å². The van der Waals surface area contributed by atoms with Crippen LogP contribution in [0.15, 0.2) is 41.3 Å². The van der Waals surface area contributed by atoms with Gasteiger partial charge in [-0.3, -0.25) is 4.72 Å². The molecule has 0 bridgehead atoms. The van der Waals surface area contributed by atoms with Gasteiger partial charge in [0, 0.05) is 31.9 Å². The van der Waals surface area contributed by atoms with Crippen molar-refractivity contribution in [3.8, 4) is 0 Å². The van der Waals surface area contributed by atoms with E-state index in [1.165, 1.54) is 12.1 Å². The molecule has 172 valence electrons. The number of piperazine rings is 1. The number of ether oxygens (including phenoxy) is 1. The summed E-state index contributed by atoms with van der Waals surface area (Å²) in [6.45, 7) is 3.71. The minimum Gasteiger partial charge on any atom is -0.478 e. The minimum absolute atomic E-state index is 0.160. The maximum absolute atomic E-state index is 13.2. The second-order valence-corrected chi connectivity index (χ2v) is 8.95. The number of halogens is 2. The molecule has 2 N–H and O–H groups in total. The van der Waals surface area contributed by atoms with Crippen LogP contribution in [0.25, 0.3) is 0 Å². The van der Waals surface area contributed by atoms with Crippen LogP contribution in [0, 0.1) is 5.82 Å². The zero-order valence-electron chi connectivity index (χ0n) is 17.0. The second-order valence-electron chi connectivity index (χ2n) is 6.89. The maximum atomic E-state index is 13.2. The highest BCUT2D eigenvalue weighted by Gasteiger charge is 2.25. The lowest BCUT2D eigenvalue weighted by Gasteiger charge is -2.35. The summed E-state index contributed by atoms with van der Waals surface area (Å²) in [5.41, 5.74) is 0.137. The fourth-order valence-corrected chi connectivity index (χ4v) is 4.86. The molecule has 2 aromatic rings. The number of carbonyl (C=O) groups is 2. The topological polar surface area (TPSA) is 116 Å². The van der Waals surface area contributed by atoms with Crippen LogP contribution in [0.5, 0.6) is 0 Å². The molecule has 3 rings (SSSR count). The molecule has 12 heteroatoms. The van der Waals surface area contributed by atoms with E-state index in [-0.39, 0.29) is 27.8 Å². The molecule has 0 atom stereocenters. The van der Waals surface area contributed by atoms with Crippen molar-refractivity contribution in [2.45, 2.75) is 11.8 Å². The van der Waals surface area contributed by atoms with Gasteiger partial charge in [0.2, 0.25) is 0 Å². The van der Waals surface area contributed by atoms with E-state index in [4.69, 9.17) is 16.3 Å². The first-order valence-electron chi connectivity index (χ1n) is 9.64. The monoisotopic (exact) mass is 485 g/mol. The molecule has 2 aromatic carbocycles. The summed E-state index contributed by atoms with van der Waals surface area (Å²) in [7, 11) is -4.26. The Balaban J connectivity index is 1.81. The average molecular weight is 486 g/mol. The van der Waals surface area contributed by atoms with Crippen molar-refractivity contribution < 1.29 is 32.2 Å². The first kappa shape index (κ1) is 23.6. The number of hydrogen-bond acceptors (Lipinski definition) is 6. The van der Waals surface area contributed by atoms with Gasteiger partial charge in [0.25, 0.3) is 10.0 Å². The van der Waals surface area contributed by atoms with Crippen molar-refractivity contribution in [1.82, 2.24) is 4.90 Å². The van der Waals surface area contributed by atoms with Gasteiger partial charge in [0.1, 0.15) is 10.7 Å². The van der Waals surface area contributed by atoms with Crippen molar-refractivity contribution in [1.29, 1.82) is 0 Å². The van der Waals surface area contributed by atoms with Crippen LogP contribution < -0.4 is 9.62 Å². The van der Waals surface area contributed by atoms with Gasteiger partial charge in [0.15, 0.2) is 0 Å². The van der Waals surface area contributed by atoms with Gasteiger partial charge in [-0.05, 0) is 43.3 Å². The Labute approximate surface area is 189 Å². The van der Waals surface area contributed by atoms with E-state index in [2.05, 4.69) is 4.72 Å². The molecule has 1 amide bonds. The average Bonchev–Trinajstić information content (AvgIpc) is 2.73. The smallest absolute Gasteiger partial charge is 0.409 e. The molecular formula is C20H21ClFN3O6S. The molecule has 1 saturated heterocycles. The van der Waals surface area contributed by atoms with Crippen LogP contribution in [0.2, 0.25) is 5.02 Å². The number of sulfonamides is 1. The Morgan fingerprint density at radius 3 is 2.44 bits per heavy atom. The first-order chi connectivity index (χ1) is 15.1. The zero-order valence-corrected chi connectivity index (χ0v) is 18.6. The Morgan fingerprint density at radius 2 is 1.84 bits per heavy atom. The van der Waals surface area contributed by atoms with Crippen LogP contribution in [0.3, 0.4) is 0 Å².